The Hall–Kier alpha value is -2.90. The minimum absolute atomic E-state index is 0.258. The third-order valence-electron chi connectivity index (χ3n) is 3.90. The van der Waals surface area contributed by atoms with E-state index in [1.165, 1.54) is 25.4 Å². The minimum Gasteiger partial charge on any atom is -0.451 e. The van der Waals surface area contributed by atoms with Gasteiger partial charge in [-0.1, -0.05) is 35.3 Å². The van der Waals surface area contributed by atoms with Gasteiger partial charge in [-0.15, -0.1) is 0 Å². The number of hydrogen-bond acceptors (Lipinski definition) is 5. The summed E-state index contributed by atoms with van der Waals surface area (Å²) in [5.41, 5.74) is 0.506. The third-order valence-corrected chi connectivity index (χ3v) is 4.45. The predicted octanol–water partition coefficient (Wildman–Crippen LogP) is 3.27. The first-order valence-electron chi connectivity index (χ1n) is 8.24. The Balaban J connectivity index is 1.65. The van der Waals surface area contributed by atoms with E-state index < -0.39 is 18.0 Å². The number of aromatic nitrogens is 2. The molecule has 9 heteroatoms. The fourth-order valence-corrected chi connectivity index (χ4v) is 2.93. The van der Waals surface area contributed by atoms with Crippen LogP contribution in [0.1, 0.15) is 6.92 Å². The van der Waals surface area contributed by atoms with Crippen LogP contribution in [0.5, 0.6) is 0 Å². The van der Waals surface area contributed by atoms with Crippen LogP contribution >= 0.6 is 23.2 Å². The van der Waals surface area contributed by atoms with Crippen LogP contribution in [0.15, 0.2) is 53.6 Å². The molecule has 1 atom stereocenters. The highest BCUT2D eigenvalue weighted by atomic mass is 35.5. The summed E-state index contributed by atoms with van der Waals surface area (Å²) in [6.07, 6.45) is 0.174. The number of anilines is 1. The largest absolute Gasteiger partial charge is 0.451 e. The molecule has 0 bridgehead atoms. The van der Waals surface area contributed by atoms with Crippen molar-refractivity contribution in [3.8, 4) is 0 Å². The van der Waals surface area contributed by atoms with E-state index in [0.717, 1.165) is 4.57 Å². The van der Waals surface area contributed by atoms with Crippen LogP contribution in [-0.2, 0) is 20.9 Å². The van der Waals surface area contributed by atoms with Gasteiger partial charge in [0.25, 0.3) is 11.5 Å². The summed E-state index contributed by atoms with van der Waals surface area (Å²) >= 11 is 11.8. The van der Waals surface area contributed by atoms with Crippen LogP contribution < -0.4 is 10.9 Å². The van der Waals surface area contributed by atoms with Crippen LogP contribution in [0.25, 0.3) is 10.9 Å². The maximum Gasteiger partial charge on any atom is 0.326 e. The fourth-order valence-electron chi connectivity index (χ4n) is 2.47. The first-order valence-corrected chi connectivity index (χ1v) is 9.00. The molecule has 0 fully saturated rings. The summed E-state index contributed by atoms with van der Waals surface area (Å²) in [5, 5.41) is 3.63. The van der Waals surface area contributed by atoms with Crippen molar-refractivity contribution in [1.29, 1.82) is 0 Å². The van der Waals surface area contributed by atoms with Crippen molar-refractivity contribution in [1.82, 2.24) is 9.55 Å². The van der Waals surface area contributed by atoms with Crippen molar-refractivity contribution in [3.05, 3.63) is 69.2 Å². The number of carbonyl (C=O) groups is 2. The maximum absolute atomic E-state index is 12.4. The molecule has 0 radical (unpaired) electrons. The van der Waals surface area contributed by atoms with Gasteiger partial charge >= 0.3 is 5.97 Å². The summed E-state index contributed by atoms with van der Waals surface area (Å²) in [6.45, 7) is 1.05. The van der Waals surface area contributed by atoms with Gasteiger partial charge in [-0.05, 0) is 37.3 Å². The number of halogens is 2. The zero-order valence-corrected chi connectivity index (χ0v) is 16.2. The van der Waals surface area contributed by atoms with Gasteiger partial charge in [-0.2, -0.15) is 0 Å². The first kappa shape index (κ1) is 19.9. The molecule has 1 aromatic heterocycles. The van der Waals surface area contributed by atoms with E-state index in [1.807, 2.05) is 0 Å². The second-order valence-corrected chi connectivity index (χ2v) is 6.78. The highest BCUT2D eigenvalue weighted by Crippen LogP contribution is 2.25. The molecule has 3 aromatic rings. The lowest BCUT2D eigenvalue weighted by molar-refractivity contribution is -0.153. The van der Waals surface area contributed by atoms with Crippen molar-refractivity contribution in [2.45, 2.75) is 19.6 Å². The zero-order valence-electron chi connectivity index (χ0n) is 14.7. The average molecular weight is 420 g/mol. The predicted molar refractivity (Wildman–Crippen MR) is 107 cm³/mol. The molecule has 2 aromatic carbocycles. The molecule has 1 amide bonds. The Kier molecular flexibility index (Phi) is 5.96. The molecule has 0 aliphatic carbocycles. The highest BCUT2D eigenvalue weighted by Gasteiger charge is 2.19. The molecule has 0 saturated carbocycles. The third kappa shape index (κ3) is 4.49. The standard InChI is InChI=1S/C19H15Cl2N3O4/c1-11(18(26)23-16-7-6-12(20)8-14(16)21)28-17(25)9-24-10-22-15-5-3-2-4-13(15)19(24)27/h2-8,10-11H,9H2,1H3,(H,23,26). The molecule has 0 aliphatic rings. The first-order chi connectivity index (χ1) is 13.3. The van der Waals surface area contributed by atoms with Crippen LogP contribution in [0.4, 0.5) is 5.69 Å². The molecule has 1 N–H and O–H groups in total. The second kappa shape index (κ2) is 8.41. The number of para-hydroxylation sites is 1. The second-order valence-electron chi connectivity index (χ2n) is 5.94. The van der Waals surface area contributed by atoms with E-state index >= 15 is 0 Å². The lowest BCUT2D eigenvalue weighted by atomic mass is 10.2. The number of nitrogens with one attached hydrogen (secondary N) is 1. The molecular formula is C19H15Cl2N3O4. The van der Waals surface area contributed by atoms with Gasteiger partial charge in [-0.3, -0.25) is 19.0 Å². The van der Waals surface area contributed by atoms with Gasteiger partial charge in [-0.25, -0.2) is 4.98 Å². The molecule has 0 spiro atoms. The van der Waals surface area contributed by atoms with Crippen molar-refractivity contribution < 1.29 is 14.3 Å². The van der Waals surface area contributed by atoms with Gasteiger partial charge < -0.3 is 10.1 Å². The number of esters is 1. The monoisotopic (exact) mass is 419 g/mol. The Morgan fingerprint density at radius 3 is 2.71 bits per heavy atom. The smallest absolute Gasteiger partial charge is 0.326 e. The molecule has 144 valence electrons. The number of hydrogen-bond donors (Lipinski definition) is 1. The Bertz CT molecular complexity index is 1110. The number of rotatable bonds is 5. The zero-order chi connectivity index (χ0) is 20.3. The number of nitrogens with zero attached hydrogens (tertiary/aromatic N) is 2. The molecule has 1 heterocycles. The summed E-state index contributed by atoms with van der Waals surface area (Å²) in [5.74, 6) is -1.31. The van der Waals surface area contributed by atoms with Crippen molar-refractivity contribution in [2.24, 2.45) is 0 Å². The van der Waals surface area contributed by atoms with Crippen LogP contribution in [0, 0.1) is 0 Å². The van der Waals surface area contributed by atoms with E-state index in [4.69, 9.17) is 27.9 Å². The van der Waals surface area contributed by atoms with E-state index in [0.29, 0.717) is 21.6 Å². The summed E-state index contributed by atoms with van der Waals surface area (Å²) in [7, 11) is 0. The normalized spacial score (nSPS) is 11.8. The topological polar surface area (TPSA) is 90.3 Å². The van der Waals surface area contributed by atoms with Crippen LogP contribution in [0.3, 0.4) is 0 Å². The molecule has 3 rings (SSSR count). The van der Waals surface area contributed by atoms with Gasteiger partial charge in [0.2, 0.25) is 0 Å². The van der Waals surface area contributed by atoms with E-state index in [1.54, 1.807) is 30.3 Å². The number of fused-ring (bicyclic) bond motifs is 1. The summed E-state index contributed by atoms with van der Waals surface area (Å²) < 4.78 is 6.24. The van der Waals surface area contributed by atoms with Crippen molar-refractivity contribution in [3.63, 3.8) is 0 Å². The number of amides is 1. The van der Waals surface area contributed by atoms with Gasteiger partial charge in [0.05, 0.1) is 27.9 Å². The Labute approximate surface area is 169 Å². The van der Waals surface area contributed by atoms with E-state index in [2.05, 4.69) is 10.3 Å². The average Bonchev–Trinajstić information content (AvgIpc) is 2.66. The van der Waals surface area contributed by atoms with Crippen LogP contribution in [-0.4, -0.2) is 27.5 Å². The maximum atomic E-state index is 12.4. The van der Waals surface area contributed by atoms with Crippen molar-refractivity contribution in [2.75, 3.05) is 5.32 Å². The molecule has 1 unspecified atom stereocenters. The molecule has 28 heavy (non-hydrogen) atoms. The Morgan fingerprint density at radius 1 is 1.21 bits per heavy atom. The van der Waals surface area contributed by atoms with Gasteiger partial charge in [0, 0.05) is 5.02 Å². The van der Waals surface area contributed by atoms with Gasteiger partial charge in [0.1, 0.15) is 6.54 Å². The lowest BCUT2D eigenvalue weighted by Gasteiger charge is -2.15. The summed E-state index contributed by atoms with van der Waals surface area (Å²) in [4.78, 5) is 40.9. The van der Waals surface area contributed by atoms with Crippen LogP contribution in [0.2, 0.25) is 10.0 Å². The summed E-state index contributed by atoms with van der Waals surface area (Å²) in [6, 6.07) is 11.4. The lowest BCUT2D eigenvalue weighted by Crippen LogP contribution is -2.33. The van der Waals surface area contributed by atoms with Crippen molar-refractivity contribution >= 4 is 51.7 Å². The number of carbonyl (C=O) groups excluding carboxylic acids is 2. The van der Waals surface area contributed by atoms with E-state index in [9.17, 15) is 14.4 Å². The fraction of sp³-hybridized carbons (Fsp3) is 0.158. The Morgan fingerprint density at radius 2 is 1.96 bits per heavy atom. The molecule has 7 nitrogen and oxygen atoms in total. The van der Waals surface area contributed by atoms with Gasteiger partial charge in [0.15, 0.2) is 6.10 Å². The highest BCUT2D eigenvalue weighted by molar-refractivity contribution is 6.36. The number of benzene rings is 2. The SMILES string of the molecule is CC(OC(=O)Cn1cnc2ccccc2c1=O)C(=O)Nc1ccc(Cl)cc1Cl. The molecular weight excluding hydrogens is 405 g/mol. The molecule has 0 saturated heterocycles. The minimum atomic E-state index is -1.09. The van der Waals surface area contributed by atoms with E-state index in [-0.39, 0.29) is 17.1 Å². The molecule has 0 aliphatic heterocycles. The quantitative estimate of drug-likeness (QED) is 0.640. The number of ether oxygens (including phenoxy) is 1.